The van der Waals surface area contributed by atoms with Gasteiger partial charge in [-0.05, 0) is 40.9 Å². The zero-order valence-electron chi connectivity index (χ0n) is 13.3. The quantitative estimate of drug-likeness (QED) is 0.846. The Morgan fingerprint density at radius 3 is 2.00 bits per heavy atom. The van der Waals surface area contributed by atoms with E-state index in [4.69, 9.17) is 5.73 Å². The molecule has 0 radical (unpaired) electrons. The Bertz CT molecular complexity index is 599. The minimum Gasteiger partial charge on any atom is -0.321 e. The van der Waals surface area contributed by atoms with Crippen LogP contribution in [0, 0.1) is 0 Å². The lowest BCUT2D eigenvalue weighted by Crippen LogP contribution is -2.47. The van der Waals surface area contributed by atoms with Gasteiger partial charge in [0.05, 0.1) is 0 Å². The molecule has 2 N–H and O–H groups in total. The summed E-state index contributed by atoms with van der Waals surface area (Å²) in [7, 11) is 0. The van der Waals surface area contributed by atoms with Gasteiger partial charge in [0.1, 0.15) is 0 Å². The molecular weight excluding hydrogens is 254 g/mol. The molecule has 2 aromatic rings. The van der Waals surface area contributed by atoms with E-state index < -0.39 is 0 Å². The van der Waals surface area contributed by atoms with Crippen molar-refractivity contribution < 1.29 is 0 Å². The van der Waals surface area contributed by atoms with E-state index in [2.05, 4.69) is 75.4 Å². The lowest BCUT2D eigenvalue weighted by Gasteiger charge is -2.46. The van der Waals surface area contributed by atoms with E-state index in [-0.39, 0.29) is 11.0 Å². The van der Waals surface area contributed by atoms with Gasteiger partial charge in [-0.3, -0.25) is 0 Å². The van der Waals surface area contributed by atoms with Gasteiger partial charge >= 0.3 is 0 Å². The van der Waals surface area contributed by atoms with Gasteiger partial charge in [0.2, 0.25) is 0 Å². The molecule has 0 aliphatic heterocycles. The Kier molecular flexibility index (Phi) is 3.41. The van der Waals surface area contributed by atoms with Gasteiger partial charge in [-0.15, -0.1) is 0 Å². The SMILES string of the molecule is CC(C)(C)c1ccc(C2(N)CC(c3ccccc3)C2)cc1. The van der Waals surface area contributed by atoms with Gasteiger partial charge in [0, 0.05) is 5.54 Å². The highest BCUT2D eigenvalue weighted by molar-refractivity contribution is 5.36. The summed E-state index contributed by atoms with van der Waals surface area (Å²) in [6, 6.07) is 19.7. The molecule has 0 spiro atoms. The van der Waals surface area contributed by atoms with E-state index in [1.165, 1.54) is 16.7 Å². The van der Waals surface area contributed by atoms with Crippen LogP contribution in [0.5, 0.6) is 0 Å². The maximum Gasteiger partial charge on any atom is 0.0421 e. The van der Waals surface area contributed by atoms with Gasteiger partial charge in [0.15, 0.2) is 0 Å². The molecule has 0 bridgehead atoms. The standard InChI is InChI=1S/C20H25N/c1-19(2,3)17-9-11-18(12-10-17)20(21)13-16(14-20)15-7-5-4-6-8-15/h4-12,16H,13-14,21H2,1-3H3. The maximum absolute atomic E-state index is 6.61. The van der Waals surface area contributed by atoms with Crippen molar-refractivity contribution in [2.75, 3.05) is 0 Å². The fourth-order valence-corrected chi connectivity index (χ4v) is 3.32. The maximum atomic E-state index is 6.61. The second-order valence-corrected chi connectivity index (χ2v) is 7.50. The third-order valence-corrected chi connectivity index (χ3v) is 4.82. The normalized spacial score (nSPS) is 25.4. The number of nitrogens with two attached hydrogens (primary N) is 1. The zero-order chi connectivity index (χ0) is 15.1. The largest absolute Gasteiger partial charge is 0.321 e. The predicted molar refractivity (Wildman–Crippen MR) is 89.4 cm³/mol. The van der Waals surface area contributed by atoms with Crippen molar-refractivity contribution in [2.24, 2.45) is 5.73 Å². The highest BCUT2D eigenvalue weighted by atomic mass is 14.8. The average molecular weight is 279 g/mol. The van der Waals surface area contributed by atoms with E-state index in [0.717, 1.165) is 12.8 Å². The second kappa shape index (κ2) is 4.99. The first-order chi connectivity index (χ1) is 9.88. The average Bonchev–Trinajstić information content (AvgIpc) is 2.44. The smallest absolute Gasteiger partial charge is 0.0421 e. The molecule has 1 fully saturated rings. The van der Waals surface area contributed by atoms with E-state index >= 15 is 0 Å². The van der Waals surface area contributed by atoms with Gasteiger partial charge < -0.3 is 5.73 Å². The van der Waals surface area contributed by atoms with Crippen molar-refractivity contribution in [3.05, 3.63) is 71.3 Å². The van der Waals surface area contributed by atoms with Crippen LogP contribution < -0.4 is 5.73 Å². The Labute approximate surface area is 128 Å². The fraction of sp³-hybridized carbons (Fsp3) is 0.400. The summed E-state index contributed by atoms with van der Waals surface area (Å²) >= 11 is 0. The summed E-state index contributed by atoms with van der Waals surface area (Å²) in [4.78, 5) is 0. The second-order valence-electron chi connectivity index (χ2n) is 7.50. The van der Waals surface area contributed by atoms with Crippen LogP contribution in [0.1, 0.15) is 56.2 Å². The van der Waals surface area contributed by atoms with Crippen LogP contribution in [-0.4, -0.2) is 0 Å². The van der Waals surface area contributed by atoms with Crippen molar-refractivity contribution in [1.29, 1.82) is 0 Å². The minimum absolute atomic E-state index is 0.142. The summed E-state index contributed by atoms with van der Waals surface area (Å²) in [6.45, 7) is 6.74. The first kappa shape index (κ1) is 14.3. The molecule has 3 rings (SSSR count). The van der Waals surface area contributed by atoms with E-state index in [0.29, 0.717) is 5.92 Å². The Balaban J connectivity index is 1.74. The van der Waals surface area contributed by atoms with Gasteiger partial charge in [-0.2, -0.15) is 0 Å². The third-order valence-electron chi connectivity index (χ3n) is 4.82. The number of benzene rings is 2. The van der Waals surface area contributed by atoms with Crippen molar-refractivity contribution in [3.8, 4) is 0 Å². The molecule has 1 nitrogen and oxygen atoms in total. The van der Waals surface area contributed by atoms with Crippen molar-refractivity contribution in [3.63, 3.8) is 0 Å². The van der Waals surface area contributed by atoms with Gasteiger partial charge in [0.25, 0.3) is 0 Å². The third kappa shape index (κ3) is 2.75. The number of hydrogen-bond donors (Lipinski definition) is 1. The molecule has 0 amide bonds. The first-order valence-corrected chi connectivity index (χ1v) is 7.83. The molecule has 0 unspecified atom stereocenters. The van der Waals surface area contributed by atoms with Crippen LogP contribution in [0.4, 0.5) is 0 Å². The number of hydrogen-bond acceptors (Lipinski definition) is 1. The van der Waals surface area contributed by atoms with E-state index in [1.54, 1.807) is 0 Å². The van der Waals surface area contributed by atoms with Crippen LogP contribution in [0.3, 0.4) is 0 Å². The predicted octanol–water partition coefficient (Wildman–Crippen LogP) is 4.72. The van der Waals surface area contributed by atoms with Crippen LogP contribution in [0.25, 0.3) is 0 Å². The molecular formula is C20H25N. The Hall–Kier alpha value is -1.60. The molecule has 1 saturated carbocycles. The van der Waals surface area contributed by atoms with E-state index in [1.807, 2.05) is 0 Å². The summed E-state index contributed by atoms with van der Waals surface area (Å²) in [6.07, 6.45) is 2.09. The van der Waals surface area contributed by atoms with Crippen LogP contribution in [0.2, 0.25) is 0 Å². The van der Waals surface area contributed by atoms with Crippen molar-refractivity contribution >= 4 is 0 Å². The van der Waals surface area contributed by atoms with Crippen molar-refractivity contribution in [2.45, 2.75) is 50.5 Å². The lowest BCUT2D eigenvalue weighted by molar-refractivity contribution is 0.209. The highest BCUT2D eigenvalue weighted by Crippen LogP contribution is 2.49. The number of rotatable bonds is 2. The topological polar surface area (TPSA) is 26.0 Å². The minimum atomic E-state index is -0.142. The van der Waals surface area contributed by atoms with Crippen LogP contribution in [0.15, 0.2) is 54.6 Å². The van der Waals surface area contributed by atoms with Crippen molar-refractivity contribution in [1.82, 2.24) is 0 Å². The molecule has 0 saturated heterocycles. The molecule has 21 heavy (non-hydrogen) atoms. The molecule has 1 heteroatoms. The molecule has 0 heterocycles. The summed E-state index contributed by atoms with van der Waals surface area (Å²) in [5.74, 6) is 0.610. The Morgan fingerprint density at radius 1 is 0.905 bits per heavy atom. The molecule has 0 aromatic heterocycles. The Morgan fingerprint density at radius 2 is 1.48 bits per heavy atom. The monoisotopic (exact) mass is 279 g/mol. The van der Waals surface area contributed by atoms with Crippen LogP contribution in [-0.2, 0) is 11.0 Å². The zero-order valence-corrected chi connectivity index (χ0v) is 13.3. The first-order valence-electron chi connectivity index (χ1n) is 7.83. The summed E-state index contributed by atoms with van der Waals surface area (Å²) in [5, 5.41) is 0. The molecule has 1 aliphatic rings. The molecule has 1 aliphatic carbocycles. The highest BCUT2D eigenvalue weighted by Gasteiger charge is 2.42. The molecule has 0 atom stereocenters. The fourth-order valence-electron chi connectivity index (χ4n) is 3.32. The molecule has 2 aromatic carbocycles. The summed E-state index contributed by atoms with van der Waals surface area (Å²) < 4.78 is 0. The molecule has 110 valence electrons. The van der Waals surface area contributed by atoms with E-state index in [9.17, 15) is 0 Å². The van der Waals surface area contributed by atoms with Crippen LogP contribution >= 0.6 is 0 Å². The lowest BCUT2D eigenvalue weighted by atomic mass is 9.63. The van der Waals surface area contributed by atoms with Gasteiger partial charge in [-0.25, -0.2) is 0 Å². The van der Waals surface area contributed by atoms with Gasteiger partial charge in [-0.1, -0.05) is 75.4 Å². The summed E-state index contributed by atoms with van der Waals surface area (Å²) in [5.41, 5.74) is 10.7.